The van der Waals surface area contributed by atoms with E-state index in [1.165, 1.54) is 0 Å². The van der Waals surface area contributed by atoms with Crippen LogP contribution in [0, 0.1) is 0 Å². The summed E-state index contributed by atoms with van der Waals surface area (Å²) in [5.41, 5.74) is 1.47. The fraction of sp³-hybridized carbons (Fsp3) is 0.545. The lowest BCUT2D eigenvalue weighted by Crippen LogP contribution is -2.11. The van der Waals surface area contributed by atoms with Crippen LogP contribution in [-0.2, 0) is 9.47 Å². The number of aromatic nitrogens is 1. The predicted octanol–water partition coefficient (Wildman–Crippen LogP) is 1.94. The Morgan fingerprint density at radius 1 is 1.60 bits per heavy atom. The molecule has 1 atom stereocenters. The summed E-state index contributed by atoms with van der Waals surface area (Å²) < 4.78 is 10.0. The summed E-state index contributed by atoms with van der Waals surface area (Å²) in [5, 5.41) is 0. The second-order valence-corrected chi connectivity index (χ2v) is 3.38. The van der Waals surface area contributed by atoms with Crippen LogP contribution in [0.1, 0.15) is 35.8 Å². The van der Waals surface area contributed by atoms with Crippen molar-refractivity contribution in [1.82, 2.24) is 4.98 Å². The van der Waals surface area contributed by atoms with Gasteiger partial charge in [0.05, 0.1) is 13.2 Å². The van der Waals surface area contributed by atoms with Crippen LogP contribution in [0.5, 0.6) is 0 Å². The first-order chi connectivity index (χ1) is 7.20. The van der Waals surface area contributed by atoms with Crippen molar-refractivity contribution in [2.75, 3.05) is 20.3 Å². The zero-order chi connectivity index (χ0) is 11.3. The van der Waals surface area contributed by atoms with E-state index in [0.717, 1.165) is 5.56 Å². The number of methoxy groups -OCH3 is 1. The number of aromatic amines is 1. The van der Waals surface area contributed by atoms with Crippen LogP contribution in [0.25, 0.3) is 0 Å². The minimum Gasteiger partial charge on any atom is -0.461 e. The summed E-state index contributed by atoms with van der Waals surface area (Å²) in [6.07, 6.45) is 1.74. The molecule has 1 aromatic heterocycles. The fourth-order valence-electron chi connectivity index (χ4n) is 1.51. The summed E-state index contributed by atoms with van der Waals surface area (Å²) in [5.74, 6) is -0.124. The third kappa shape index (κ3) is 2.83. The van der Waals surface area contributed by atoms with Gasteiger partial charge in [0.25, 0.3) is 0 Å². The van der Waals surface area contributed by atoms with Gasteiger partial charge in [0.2, 0.25) is 0 Å². The molecule has 0 saturated carbocycles. The van der Waals surface area contributed by atoms with Gasteiger partial charge in [0, 0.05) is 19.2 Å². The van der Waals surface area contributed by atoms with Crippen molar-refractivity contribution >= 4 is 5.97 Å². The molecule has 0 radical (unpaired) electrons. The lowest BCUT2D eigenvalue weighted by molar-refractivity contribution is 0.0517. The molecule has 0 aliphatic carbocycles. The minimum atomic E-state index is -0.305. The average molecular weight is 211 g/mol. The number of hydrogen-bond acceptors (Lipinski definition) is 3. The molecule has 0 aliphatic heterocycles. The van der Waals surface area contributed by atoms with Crippen molar-refractivity contribution in [2.24, 2.45) is 0 Å². The maximum absolute atomic E-state index is 11.5. The highest BCUT2D eigenvalue weighted by molar-refractivity contribution is 5.89. The van der Waals surface area contributed by atoms with Crippen molar-refractivity contribution in [3.05, 3.63) is 23.5 Å². The summed E-state index contributed by atoms with van der Waals surface area (Å²) in [7, 11) is 1.65. The van der Waals surface area contributed by atoms with Crippen molar-refractivity contribution < 1.29 is 14.3 Å². The highest BCUT2D eigenvalue weighted by Gasteiger charge is 2.17. The molecule has 1 aromatic rings. The molecule has 1 N–H and O–H groups in total. The molecule has 0 aliphatic rings. The Kier molecular flexibility index (Phi) is 4.37. The fourth-order valence-corrected chi connectivity index (χ4v) is 1.51. The van der Waals surface area contributed by atoms with Crippen molar-refractivity contribution in [3.8, 4) is 0 Å². The Balaban J connectivity index is 2.81. The third-order valence-electron chi connectivity index (χ3n) is 2.21. The average Bonchev–Trinajstić information content (AvgIpc) is 2.66. The highest BCUT2D eigenvalue weighted by Crippen LogP contribution is 2.19. The first kappa shape index (κ1) is 11.8. The quantitative estimate of drug-likeness (QED) is 0.757. The molecule has 84 valence electrons. The Morgan fingerprint density at radius 2 is 2.33 bits per heavy atom. The van der Waals surface area contributed by atoms with Crippen LogP contribution in [0.3, 0.4) is 0 Å². The first-order valence-electron chi connectivity index (χ1n) is 5.04. The van der Waals surface area contributed by atoms with E-state index in [-0.39, 0.29) is 11.9 Å². The Labute approximate surface area is 89.6 Å². The maximum Gasteiger partial charge on any atom is 0.355 e. The molecule has 0 saturated heterocycles. The molecular weight excluding hydrogens is 194 g/mol. The monoisotopic (exact) mass is 211 g/mol. The van der Waals surface area contributed by atoms with Crippen molar-refractivity contribution in [1.29, 1.82) is 0 Å². The summed E-state index contributed by atoms with van der Waals surface area (Å²) in [6.45, 7) is 4.77. The van der Waals surface area contributed by atoms with E-state index in [0.29, 0.717) is 18.9 Å². The van der Waals surface area contributed by atoms with E-state index in [1.807, 2.05) is 13.0 Å². The van der Waals surface area contributed by atoms with Gasteiger partial charge in [-0.3, -0.25) is 0 Å². The minimum absolute atomic E-state index is 0.181. The van der Waals surface area contributed by atoms with E-state index in [1.54, 1.807) is 20.2 Å². The smallest absolute Gasteiger partial charge is 0.355 e. The lowest BCUT2D eigenvalue weighted by Gasteiger charge is -2.10. The van der Waals surface area contributed by atoms with Crippen molar-refractivity contribution in [3.63, 3.8) is 0 Å². The SMILES string of the molecule is CCOC(=O)c1[nH]ccc1C(C)COC. The molecule has 0 amide bonds. The molecule has 1 unspecified atom stereocenters. The van der Waals surface area contributed by atoms with Gasteiger partial charge >= 0.3 is 5.97 Å². The van der Waals surface area contributed by atoms with Crippen LogP contribution in [-0.4, -0.2) is 31.3 Å². The molecule has 15 heavy (non-hydrogen) atoms. The van der Waals surface area contributed by atoms with Crippen molar-refractivity contribution in [2.45, 2.75) is 19.8 Å². The number of carbonyl (C=O) groups is 1. The molecule has 1 heterocycles. The van der Waals surface area contributed by atoms with Gasteiger partial charge in [-0.25, -0.2) is 4.79 Å². The molecule has 1 rings (SSSR count). The summed E-state index contributed by atoms with van der Waals surface area (Å²) >= 11 is 0. The normalized spacial score (nSPS) is 12.5. The number of carbonyl (C=O) groups excluding carboxylic acids is 1. The van der Waals surface area contributed by atoms with Gasteiger partial charge in [-0.2, -0.15) is 0 Å². The standard InChI is InChI=1S/C11H17NO3/c1-4-15-11(13)10-9(5-6-12-10)8(2)7-14-3/h5-6,8,12H,4,7H2,1-3H3. The molecule has 4 nitrogen and oxygen atoms in total. The van der Waals surface area contributed by atoms with Crippen LogP contribution < -0.4 is 0 Å². The maximum atomic E-state index is 11.5. The second kappa shape index (κ2) is 5.56. The number of H-pyrrole nitrogens is 1. The molecule has 0 bridgehead atoms. The van der Waals surface area contributed by atoms with Gasteiger partial charge < -0.3 is 14.5 Å². The van der Waals surface area contributed by atoms with Gasteiger partial charge in [-0.15, -0.1) is 0 Å². The van der Waals surface area contributed by atoms with E-state index in [9.17, 15) is 4.79 Å². The van der Waals surface area contributed by atoms with Gasteiger partial charge in [-0.05, 0) is 18.6 Å². The number of hydrogen-bond donors (Lipinski definition) is 1. The van der Waals surface area contributed by atoms with Gasteiger partial charge in [0.15, 0.2) is 0 Å². The zero-order valence-electron chi connectivity index (χ0n) is 9.37. The van der Waals surface area contributed by atoms with E-state index in [2.05, 4.69) is 4.98 Å². The lowest BCUT2D eigenvalue weighted by atomic mass is 10.0. The van der Waals surface area contributed by atoms with Crippen LogP contribution in [0.2, 0.25) is 0 Å². The van der Waals surface area contributed by atoms with Gasteiger partial charge in [-0.1, -0.05) is 6.92 Å². The van der Waals surface area contributed by atoms with E-state index >= 15 is 0 Å². The summed E-state index contributed by atoms with van der Waals surface area (Å²) in [6, 6.07) is 1.88. The number of nitrogens with one attached hydrogen (secondary N) is 1. The summed E-state index contributed by atoms with van der Waals surface area (Å²) in [4.78, 5) is 14.4. The third-order valence-corrected chi connectivity index (χ3v) is 2.21. The predicted molar refractivity (Wildman–Crippen MR) is 57.0 cm³/mol. The Hall–Kier alpha value is -1.29. The number of esters is 1. The van der Waals surface area contributed by atoms with E-state index in [4.69, 9.17) is 9.47 Å². The highest BCUT2D eigenvalue weighted by atomic mass is 16.5. The Bertz CT molecular complexity index is 319. The second-order valence-electron chi connectivity index (χ2n) is 3.38. The van der Waals surface area contributed by atoms with Gasteiger partial charge in [0.1, 0.15) is 5.69 Å². The molecular formula is C11H17NO3. The first-order valence-corrected chi connectivity index (χ1v) is 5.04. The zero-order valence-corrected chi connectivity index (χ0v) is 9.37. The van der Waals surface area contributed by atoms with Crippen LogP contribution in [0.4, 0.5) is 0 Å². The topological polar surface area (TPSA) is 51.3 Å². The number of ether oxygens (including phenoxy) is 2. The molecule has 4 heteroatoms. The van der Waals surface area contributed by atoms with E-state index < -0.39 is 0 Å². The number of rotatable bonds is 5. The van der Waals surface area contributed by atoms with Crippen LogP contribution >= 0.6 is 0 Å². The molecule has 0 fully saturated rings. The molecule has 0 spiro atoms. The molecule has 0 aromatic carbocycles. The largest absolute Gasteiger partial charge is 0.461 e. The Morgan fingerprint density at radius 3 is 2.93 bits per heavy atom. The van der Waals surface area contributed by atoms with Crippen LogP contribution in [0.15, 0.2) is 12.3 Å².